The van der Waals surface area contributed by atoms with Crippen molar-refractivity contribution in [2.75, 3.05) is 42.6 Å². The minimum Gasteiger partial charge on any atom is -0.492 e. The summed E-state index contributed by atoms with van der Waals surface area (Å²) in [5.74, 6) is 1.72. The van der Waals surface area contributed by atoms with E-state index < -0.39 is 0 Å². The summed E-state index contributed by atoms with van der Waals surface area (Å²) in [6, 6.07) is 14.1. The molecule has 3 aromatic rings. The molecule has 0 bridgehead atoms. The highest BCUT2D eigenvalue weighted by Crippen LogP contribution is 2.29. The van der Waals surface area contributed by atoms with Crippen LogP contribution in [0.1, 0.15) is 6.92 Å². The molecule has 0 radical (unpaired) electrons. The van der Waals surface area contributed by atoms with E-state index in [9.17, 15) is 0 Å². The zero-order chi connectivity index (χ0) is 18.5. The first kappa shape index (κ1) is 17.3. The molecule has 1 aliphatic rings. The van der Waals surface area contributed by atoms with Crippen molar-refractivity contribution in [1.82, 2.24) is 15.0 Å². The Kier molecular flexibility index (Phi) is 5.14. The molecule has 3 heterocycles. The third kappa shape index (κ3) is 3.84. The van der Waals surface area contributed by atoms with Gasteiger partial charge in [0, 0.05) is 50.3 Å². The number of hydrogen-bond acceptors (Lipinski definition) is 6. The van der Waals surface area contributed by atoms with Gasteiger partial charge in [-0.15, -0.1) is 0 Å². The van der Waals surface area contributed by atoms with Crippen LogP contribution < -0.4 is 14.5 Å². The highest BCUT2D eigenvalue weighted by Gasteiger charge is 2.21. The van der Waals surface area contributed by atoms with E-state index in [4.69, 9.17) is 9.72 Å². The summed E-state index contributed by atoms with van der Waals surface area (Å²) < 4.78 is 5.78. The maximum absolute atomic E-state index is 5.78. The van der Waals surface area contributed by atoms with E-state index in [1.165, 1.54) is 0 Å². The first-order chi connectivity index (χ1) is 13.3. The molecule has 6 nitrogen and oxygen atoms in total. The van der Waals surface area contributed by atoms with E-state index in [0.717, 1.165) is 54.8 Å². The van der Waals surface area contributed by atoms with Crippen molar-refractivity contribution in [3.05, 3.63) is 61.1 Å². The van der Waals surface area contributed by atoms with Crippen molar-refractivity contribution in [2.45, 2.75) is 6.92 Å². The zero-order valence-electron chi connectivity index (χ0n) is 15.5. The summed E-state index contributed by atoms with van der Waals surface area (Å²) >= 11 is 0. The molecular weight excluding hydrogens is 338 g/mol. The van der Waals surface area contributed by atoms with Gasteiger partial charge in [0.15, 0.2) is 0 Å². The molecule has 0 atom stereocenters. The molecule has 6 heteroatoms. The molecular formula is C21H23N5O. The Morgan fingerprint density at radius 2 is 1.74 bits per heavy atom. The van der Waals surface area contributed by atoms with Crippen molar-refractivity contribution in [2.24, 2.45) is 0 Å². The molecule has 0 saturated carbocycles. The highest BCUT2D eigenvalue weighted by atomic mass is 16.5. The summed E-state index contributed by atoms with van der Waals surface area (Å²) in [5, 5.41) is 0. The van der Waals surface area contributed by atoms with E-state index in [0.29, 0.717) is 6.61 Å². The number of benzene rings is 1. The van der Waals surface area contributed by atoms with Crippen LogP contribution in [0.5, 0.6) is 5.75 Å². The predicted octanol–water partition coefficient (Wildman–Crippen LogP) is 3.26. The summed E-state index contributed by atoms with van der Waals surface area (Å²) in [6.07, 6.45) is 5.42. The number of hydrogen-bond donors (Lipinski definition) is 0. The van der Waals surface area contributed by atoms with Crippen LogP contribution in [0.4, 0.5) is 11.6 Å². The highest BCUT2D eigenvalue weighted by molar-refractivity contribution is 5.60. The fraction of sp³-hybridized carbons (Fsp3) is 0.286. The van der Waals surface area contributed by atoms with E-state index in [1.807, 2.05) is 49.6 Å². The molecule has 2 aromatic heterocycles. The molecule has 1 fully saturated rings. The smallest absolute Gasteiger partial charge is 0.225 e. The molecule has 0 N–H and O–H groups in total. The average molecular weight is 361 g/mol. The standard InChI is InChI=1S/C21H23N5O/c1-2-27-20-8-4-3-7-19(20)25-12-14-26(15-13-25)21-23-11-9-18(24-21)17-6-5-10-22-16-17/h3-11,16H,2,12-15H2,1H3. The largest absolute Gasteiger partial charge is 0.492 e. The SMILES string of the molecule is CCOc1ccccc1N1CCN(c2nccc(-c3cccnc3)n2)CC1. The number of piperazine rings is 1. The Balaban J connectivity index is 1.47. The Bertz CT molecular complexity index is 879. The average Bonchev–Trinajstić information content (AvgIpc) is 2.75. The number of anilines is 2. The van der Waals surface area contributed by atoms with Crippen molar-refractivity contribution in [3.63, 3.8) is 0 Å². The van der Waals surface area contributed by atoms with Gasteiger partial charge in [-0.2, -0.15) is 0 Å². The van der Waals surface area contributed by atoms with Gasteiger partial charge >= 0.3 is 0 Å². The number of nitrogens with zero attached hydrogens (tertiary/aromatic N) is 5. The lowest BCUT2D eigenvalue weighted by molar-refractivity contribution is 0.340. The second-order valence-electron chi connectivity index (χ2n) is 6.36. The van der Waals surface area contributed by atoms with Crippen molar-refractivity contribution in [1.29, 1.82) is 0 Å². The number of para-hydroxylation sites is 2. The van der Waals surface area contributed by atoms with Crippen LogP contribution in [-0.2, 0) is 0 Å². The lowest BCUT2D eigenvalue weighted by Crippen LogP contribution is -2.47. The number of ether oxygens (including phenoxy) is 1. The monoisotopic (exact) mass is 361 g/mol. The van der Waals surface area contributed by atoms with Gasteiger partial charge in [-0.1, -0.05) is 12.1 Å². The topological polar surface area (TPSA) is 54.4 Å². The van der Waals surface area contributed by atoms with Crippen LogP contribution in [0.3, 0.4) is 0 Å². The minimum absolute atomic E-state index is 0.673. The number of aromatic nitrogens is 3. The summed E-state index contributed by atoms with van der Waals surface area (Å²) in [7, 11) is 0. The number of pyridine rings is 1. The fourth-order valence-electron chi connectivity index (χ4n) is 3.32. The zero-order valence-corrected chi connectivity index (χ0v) is 15.5. The normalized spacial score (nSPS) is 14.3. The number of rotatable bonds is 5. The van der Waals surface area contributed by atoms with Crippen LogP contribution in [0.2, 0.25) is 0 Å². The molecule has 4 rings (SSSR count). The van der Waals surface area contributed by atoms with E-state index in [1.54, 1.807) is 6.20 Å². The molecule has 1 saturated heterocycles. The minimum atomic E-state index is 0.673. The molecule has 1 aromatic carbocycles. The maximum atomic E-state index is 5.78. The van der Waals surface area contributed by atoms with Crippen molar-refractivity contribution in [3.8, 4) is 17.0 Å². The maximum Gasteiger partial charge on any atom is 0.225 e. The molecule has 138 valence electrons. The van der Waals surface area contributed by atoms with Gasteiger partial charge < -0.3 is 14.5 Å². The molecule has 0 aliphatic carbocycles. The van der Waals surface area contributed by atoms with Crippen LogP contribution in [-0.4, -0.2) is 47.7 Å². The van der Waals surface area contributed by atoms with Crippen LogP contribution >= 0.6 is 0 Å². The van der Waals surface area contributed by atoms with Crippen molar-refractivity contribution < 1.29 is 4.74 Å². The van der Waals surface area contributed by atoms with E-state index in [2.05, 4.69) is 31.9 Å². The first-order valence-electron chi connectivity index (χ1n) is 9.30. The van der Waals surface area contributed by atoms with E-state index >= 15 is 0 Å². The fourth-order valence-corrected chi connectivity index (χ4v) is 3.32. The lowest BCUT2D eigenvalue weighted by Gasteiger charge is -2.36. The Hall–Kier alpha value is -3.15. The predicted molar refractivity (Wildman–Crippen MR) is 107 cm³/mol. The van der Waals surface area contributed by atoms with Gasteiger partial charge in [0.25, 0.3) is 0 Å². The Morgan fingerprint density at radius 3 is 2.52 bits per heavy atom. The molecule has 0 unspecified atom stereocenters. The first-order valence-corrected chi connectivity index (χ1v) is 9.30. The van der Waals surface area contributed by atoms with E-state index in [-0.39, 0.29) is 0 Å². The third-order valence-electron chi connectivity index (χ3n) is 4.67. The van der Waals surface area contributed by atoms with Gasteiger partial charge in [0.2, 0.25) is 5.95 Å². The molecule has 0 spiro atoms. The molecule has 0 amide bonds. The lowest BCUT2D eigenvalue weighted by atomic mass is 10.2. The van der Waals surface area contributed by atoms with Gasteiger partial charge in [0.1, 0.15) is 5.75 Å². The summed E-state index contributed by atoms with van der Waals surface area (Å²) in [5.41, 5.74) is 3.06. The quantitative estimate of drug-likeness (QED) is 0.695. The van der Waals surface area contributed by atoms with Gasteiger partial charge in [-0.05, 0) is 37.3 Å². The van der Waals surface area contributed by atoms with Gasteiger partial charge in [0.05, 0.1) is 18.0 Å². The third-order valence-corrected chi connectivity index (χ3v) is 4.67. The Morgan fingerprint density at radius 1 is 0.926 bits per heavy atom. The van der Waals surface area contributed by atoms with Crippen LogP contribution in [0, 0.1) is 0 Å². The van der Waals surface area contributed by atoms with Crippen LogP contribution in [0.15, 0.2) is 61.1 Å². The second kappa shape index (κ2) is 8.03. The Labute approximate surface area is 159 Å². The van der Waals surface area contributed by atoms with Crippen molar-refractivity contribution >= 4 is 11.6 Å². The summed E-state index contributed by atoms with van der Waals surface area (Å²) in [6.45, 7) is 6.25. The molecule has 27 heavy (non-hydrogen) atoms. The van der Waals surface area contributed by atoms with Gasteiger partial charge in [-0.3, -0.25) is 4.98 Å². The second-order valence-corrected chi connectivity index (χ2v) is 6.36. The van der Waals surface area contributed by atoms with Crippen LogP contribution in [0.25, 0.3) is 11.3 Å². The van der Waals surface area contributed by atoms with Gasteiger partial charge in [-0.25, -0.2) is 9.97 Å². The summed E-state index contributed by atoms with van der Waals surface area (Å²) in [4.78, 5) is 18.0. The molecule has 1 aliphatic heterocycles.